The van der Waals surface area contributed by atoms with Crippen LogP contribution in [0.1, 0.15) is 22.0 Å². The zero-order valence-corrected chi connectivity index (χ0v) is 14.8. The van der Waals surface area contributed by atoms with E-state index >= 15 is 0 Å². The van der Waals surface area contributed by atoms with E-state index in [0.29, 0.717) is 28.4 Å². The van der Waals surface area contributed by atoms with Gasteiger partial charge in [-0.15, -0.1) is 0 Å². The lowest BCUT2D eigenvalue weighted by Crippen LogP contribution is -2.26. The van der Waals surface area contributed by atoms with E-state index in [1.807, 2.05) is 49.3 Å². The molecule has 2 aromatic rings. The zero-order chi connectivity index (χ0) is 18.0. The van der Waals surface area contributed by atoms with Gasteiger partial charge in [0, 0.05) is 32.4 Å². The van der Waals surface area contributed by atoms with Crippen LogP contribution in [0.3, 0.4) is 0 Å². The number of hydrogen-bond acceptors (Lipinski definition) is 5. The molecule has 25 heavy (non-hydrogen) atoms. The molecule has 0 aromatic heterocycles. The summed E-state index contributed by atoms with van der Waals surface area (Å²) in [6.07, 6.45) is 1.31. The fourth-order valence-electron chi connectivity index (χ4n) is 2.90. The van der Waals surface area contributed by atoms with Crippen LogP contribution in [-0.2, 0) is 0 Å². The predicted octanol–water partition coefficient (Wildman–Crippen LogP) is 3.47. The number of fused-ring (bicyclic) bond motifs is 1. The first-order valence-corrected chi connectivity index (χ1v) is 7.95. The Morgan fingerprint density at radius 3 is 2.40 bits per heavy atom. The van der Waals surface area contributed by atoms with Crippen LogP contribution in [0.5, 0.6) is 17.2 Å². The number of hydrogen-bond donors (Lipinski definition) is 0. The van der Waals surface area contributed by atoms with Crippen molar-refractivity contribution in [2.75, 3.05) is 28.3 Å². The number of carbonyl (C=O) groups is 1. The quantitative estimate of drug-likeness (QED) is 0.798. The summed E-state index contributed by atoms with van der Waals surface area (Å²) in [6, 6.07) is 13.1. The van der Waals surface area contributed by atoms with Crippen molar-refractivity contribution in [3.63, 3.8) is 0 Å². The average Bonchev–Trinajstić information content (AvgIpc) is 2.63. The molecule has 130 valence electrons. The van der Waals surface area contributed by atoms with Gasteiger partial charge in [-0.05, 0) is 5.56 Å². The molecule has 5 heteroatoms. The third-order valence-electron chi connectivity index (χ3n) is 4.01. The third kappa shape index (κ3) is 3.18. The van der Waals surface area contributed by atoms with Gasteiger partial charge < -0.3 is 19.1 Å². The lowest BCUT2D eigenvalue weighted by molar-refractivity contribution is 0.0952. The summed E-state index contributed by atoms with van der Waals surface area (Å²) in [5, 5.41) is 0. The van der Waals surface area contributed by atoms with Crippen LogP contribution in [0.25, 0.3) is 0 Å². The summed E-state index contributed by atoms with van der Waals surface area (Å²) in [6.45, 7) is 0. The molecule has 0 radical (unpaired) electrons. The number of benzene rings is 2. The number of nitrogens with zero attached hydrogens (tertiary/aromatic N) is 1. The fourth-order valence-corrected chi connectivity index (χ4v) is 2.90. The molecule has 0 saturated heterocycles. The van der Waals surface area contributed by atoms with E-state index in [-0.39, 0.29) is 5.78 Å². The molecule has 1 aliphatic heterocycles. The monoisotopic (exact) mass is 339 g/mol. The van der Waals surface area contributed by atoms with Crippen molar-refractivity contribution in [1.82, 2.24) is 4.90 Å². The first-order chi connectivity index (χ1) is 12.0. The van der Waals surface area contributed by atoms with Crippen molar-refractivity contribution >= 4 is 5.78 Å². The number of ketones is 1. The lowest BCUT2D eigenvalue weighted by Gasteiger charge is -2.30. The molecule has 0 N–H and O–H groups in total. The Labute approximate surface area is 147 Å². The van der Waals surface area contributed by atoms with Crippen LogP contribution in [0, 0.1) is 0 Å². The van der Waals surface area contributed by atoms with Crippen molar-refractivity contribution in [3.8, 4) is 17.2 Å². The maximum absolute atomic E-state index is 13.2. The molecule has 0 fully saturated rings. The standard InChI is InChI=1S/C20H21NO4/c1-21(2)12-15-19(22)18-16(24-4)10-14(23-3)11-17(18)25-20(15)13-8-6-5-7-9-13/h5-12,20H,1-4H3. The molecular formula is C20H21NO4. The highest BCUT2D eigenvalue weighted by atomic mass is 16.5. The second-order valence-corrected chi connectivity index (χ2v) is 5.99. The smallest absolute Gasteiger partial charge is 0.202 e. The topological polar surface area (TPSA) is 48.0 Å². The molecule has 1 aliphatic rings. The number of rotatable bonds is 4. The second kappa shape index (κ2) is 6.89. The Kier molecular flexibility index (Phi) is 4.65. The van der Waals surface area contributed by atoms with Gasteiger partial charge in [0.05, 0.1) is 19.8 Å². The van der Waals surface area contributed by atoms with Gasteiger partial charge >= 0.3 is 0 Å². The van der Waals surface area contributed by atoms with E-state index in [1.54, 1.807) is 25.4 Å². The van der Waals surface area contributed by atoms with Crippen LogP contribution in [0.4, 0.5) is 0 Å². The normalized spacial score (nSPS) is 17.7. The summed E-state index contributed by atoms with van der Waals surface area (Å²) >= 11 is 0. The SMILES string of the molecule is COc1cc(OC)c2c(c1)OC(c1ccccc1)C(=CN(C)C)C2=O. The minimum absolute atomic E-state index is 0.108. The van der Waals surface area contributed by atoms with Crippen molar-refractivity contribution < 1.29 is 19.0 Å². The molecule has 0 spiro atoms. The second-order valence-electron chi connectivity index (χ2n) is 5.99. The highest BCUT2D eigenvalue weighted by Crippen LogP contribution is 2.44. The molecular weight excluding hydrogens is 318 g/mol. The first-order valence-electron chi connectivity index (χ1n) is 7.95. The largest absolute Gasteiger partial charge is 0.496 e. The Bertz CT molecular complexity index is 812. The first kappa shape index (κ1) is 16.9. The van der Waals surface area contributed by atoms with E-state index in [0.717, 1.165) is 5.56 Å². The maximum Gasteiger partial charge on any atom is 0.202 e. The van der Waals surface area contributed by atoms with Gasteiger partial charge in [-0.25, -0.2) is 0 Å². The number of Topliss-reactive ketones (excluding diaryl/α,β-unsaturated/α-hetero) is 1. The minimum Gasteiger partial charge on any atom is -0.496 e. The minimum atomic E-state index is -0.486. The Morgan fingerprint density at radius 2 is 1.80 bits per heavy atom. The molecule has 0 bridgehead atoms. The van der Waals surface area contributed by atoms with E-state index in [4.69, 9.17) is 14.2 Å². The number of ether oxygens (including phenoxy) is 3. The van der Waals surface area contributed by atoms with Gasteiger partial charge in [-0.3, -0.25) is 4.79 Å². The van der Waals surface area contributed by atoms with Gasteiger partial charge in [0.25, 0.3) is 0 Å². The number of methoxy groups -OCH3 is 2. The highest BCUT2D eigenvalue weighted by Gasteiger charge is 2.36. The van der Waals surface area contributed by atoms with Crippen LogP contribution in [0.2, 0.25) is 0 Å². The van der Waals surface area contributed by atoms with Crippen LogP contribution in [-0.4, -0.2) is 39.0 Å². The van der Waals surface area contributed by atoms with Crippen molar-refractivity contribution in [3.05, 3.63) is 65.4 Å². The Morgan fingerprint density at radius 1 is 1.08 bits per heavy atom. The third-order valence-corrected chi connectivity index (χ3v) is 4.01. The maximum atomic E-state index is 13.2. The van der Waals surface area contributed by atoms with E-state index in [2.05, 4.69) is 0 Å². The summed E-state index contributed by atoms with van der Waals surface area (Å²) in [7, 11) is 6.85. The molecule has 3 rings (SSSR count). The lowest BCUT2D eigenvalue weighted by atomic mass is 9.91. The van der Waals surface area contributed by atoms with Crippen LogP contribution >= 0.6 is 0 Å². The predicted molar refractivity (Wildman–Crippen MR) is 95.5 cm³/mol. The molecule has 1 atom stereocenters. The Balaban J connectivity index is 2.19. The summed E-state index contributed by atoms with van der Waals surface area (Å²) in [4.78, 5) is 15.1. The summed E-state index contributed by atoms with van der Waals surface area (Å²) in [5.41, 5.74) is 1.90. The van der Waals surface area contributed by atoms with Crippen LogP contribution < -0.4 is 14.2 Å². The molecule has 1 heterocycles. The number of carbonyl (C=O) groups excluding carboxylic acids is 1. The van der Waals surface area contributed by atoms with Gasteiger partial charge in [0.2, 0.25) is 5.78 Å². The molecule has 0 saturated carbocycles. The van der Waals surface area contributed by atoms with Crippen molar-refractivity contribution in [1.29, 1.82) is 0 Å². The van der Waals surface area contributed by atoms with Crippen molar-refractivity contribution in [2.45, 2.75) is 6.10 Å². The highest BCUT2D eigenvalue weighted by molar-refractivity contribution is 6.14. The zero-order valence-electron chi connectivity index (χ0n) is 14.8. The van der Waals surface area contributed by atoms with Crippen molar-refractivity contribution in [2.24, 2.45) is 0 Å². The molecule has 2 aromatic carbocycles. The molecule has 5 nitrogen and oxygen atoms in total. The van der Waals surface area contributed by atoms with Gasteiger partial charge in [0.1, 0.15) is 22.8 Å². The molecule has 0 amide bonds. The summed E-state index contributed by atoms with van der Waals surface area (Å²) in [5.74, 6) is 1.38. The van der Waals surface area contributed by atoms with Crippen LogP contribution in [0.15, 0.2) is 54.2 Å². The average molecular weight is 339 g/mol. The molecule has 0 aliphatic carbocycles. The Hall–Kier alpha value is -2.95. The van der Waals surface area contributed by atoms with Gasteiger partial charge in [-0.2, -0.15) is 0 Å². The van der Waals surface area contributed by atoms with E-state index in [1.165, 1.54) is 7.11 Å². The fraction of sp³-hybridized carbons (Fsp3) is 0.250. The van der Waals surface area contributed by atoms with E-state index < -0.39 is 6.10 Å². The van der Waals surface area contributed by atoms with E-state index in [9.17, 15) is 4.79 Å². The van der Waals surface area contributed by atoms with Gasteiger partial charge in [-0.1, -0.05) is 30.3 Å². The summed E-state index contributed by atoms with van der Waals surface area (Å²) < 4.78 is 16.9. The van der Waals surface area contributed by atoms with Gasteiger partial charge in [0.15, 0.2) is 6.10 Å². The molecule has 1 unspecified atom stereocenters.